The number of ether oxygens (including phenoxy) is 1. The summed E-state index contributed by atoms with van der Waals surface area (Å²) in [5.74, 6) is -1.15. The van der Waals surface area contributed by atoms with Gasteiger partial charge in [0.25, 0.3) is 10.0 Å². The van der Waals surface area contributed by atoms with E-state index in [1.165, 1.54) is 19.2 Å². The normalized spacial score (nSPS) is 13.1. The van der Waals surface area contributed by atoms with Crippen LogP contribution in [0.5, 0.6) is 5.75 Å². The largest absolute Gasteiger partial charge is 0.856 e. The third-order valence-corrected chi connectivity index (χ3v) is 5.69. The quantitative estimate of drug-likeness (QED) is 0.434. The average molecular weight is 467 g/mol. The highest BCUT2D eigenvalue weighted by molar-refractivity contribution is 7.90. The minimum absolute atomic E-state index is 0.162. The van der Waals surface area contributed by atoms with Gasteiger partial charge in [-0.15, -0.1) is 0 Å². The third-order valence-electron chi connectivity index (χ3n) is 3.67. The molecule has 2 aromatic heterocycles. The number of fused-ring (bicyclic) bond motifs is 1. The van der Waals surface area contributed by atoms with Crippen LogP contribution in [0.25, 0.3) is 5.65 Å². The molecule has 2 heterocycles. The number of benzene rings is 1. The molecule has 0 fully saturated rings. The molecule has 3 rings (SSSR count). The molecule has 0 saturated carbocycles. The highest BCUT2D eigenvalue weighted by Gasteiger charge is 2.32. The van der Waals surface area contributed by atoms with Gasteiger partial charge in [-0.3, -0.25) is 0 Å². The lowest BCUT2D eigenvalue weighted by atomic mass is 10.3. The summed E-state index contributed by atoms with van der Waals surface area (Å²) < 4.78 is 72.5. The lowest BCUT2D eigenvalue weighted by Gasteiger charge is -2.09. The van der Waals surface area contributed by atoms with Crippen LogP contribution < -0.4 is 9.84 Å². The first-order chi connectivity index (χ1) is 13.4. The van der Waals surface area contributed by atoms with E-state index < -0.39 is 38.3 Å². The maximum absolute atomic E-state index is 12.9. The molecule has 0 bridgehead atoms. The van der Waals surface area contributed by atoms with Crippen LogP contribution in [0.2, 0.25) is 10.0 Å². The fourth-order valence-electron chi connectivity index (χ4n) is 2.33. The van der Waals surface area contributed by atoms with E-state index in [-0.39, 0.29) is 21.4 Å². The Hall–Kier alpha value is -2.50. The van der Waals surface area contributed by atoms with E-state index in [1.54, 1.807) is 0 Å². The number of aromatic nitrogens is 2. The molecule has 3 aromatic rings. The highest BCUT2D eigenvalue weighted by atomic mass is 35.5. The van der Waals surface area contributed by atoms with E-state index in [4.69, 9.17) is 27.9 Å². The Morgan fingerprint density at radius 3 is 2.52 bits per heavy atom. The number of alkyl halides is 3. The van der Waals surface area contributed by atoms with Gasteiger partial charge in [0.2, 0.25) is 0 Å². The molecular formula is C16H9Cl2F3N3O4S-. The Balaban J connectivity index is 2.08. The predicted molar refractivity (Wildman–Crippen MR) is 96.9 cm³/mol. The van der Waals surface area contributed by atoms with Crippen molar-refractivity contribution in [3.63, 3.8) is 0 Å². The summed E-state index contributed by atoms with van der Waals surface area (Å²) in [4.78, 5) is 3.29. The van der Waals surface area contributed by atoms with Crippen molar-refractivity contribution in [1.82, 2.24) is 9.38 Å². The van der Waals surface area contributed by atoms with Crippen molar-refractivity contribution < 1.29 is 31.4 Å². The molecule has 0 N–H and O–H groups in total. The molecule has 13 heteroatoms. The maximum Gasteiger partial charge on any atom is 0.417 e. The minimum Gasteiger partial charge on any atom is -0.856 e. The van der Waals surface area contributed by atoms with Crippen LogP contribution in [-0.2, 0) is 16.2 Å². The van der Waals surface area contributed by atoms with E-state index in [0.717, 1.165) is 16.7 Å². The summed E-state index contributed by atoms with van der Waals surface area (Å²) in [6.07, 6.45) is -3.12. The van der Waals surface area contributed by atoms with Crippen LogP contribution in [-0.4, -0.2) is 30.8 Å². The molecular weight excluding hydrogens is 458 g/mol. The molecule has 0 spiro atoms. The van der Waals surface area contributed by atoms with Crippen LogP contribution in [0.15, 0.2) is 46.0 Å². The Kier molecular flexibility index (Phi) is 5.41. The summed E-state index contributed by atoms with van der Waals surface area (Å²) in [5.41, 5.74) is -1.76. The van der Waals surface area contributed by atoms with Crippen LogP contribution in [0.4, 0.5) is 13.2 Å². The molecule has 7 nitrogen and oxygen atoms in total. The van der Waals surface area contributed by atoms with Gasteiger partial charge in [0.05, 0.1) is 28.4 Å². The topological polar surface area (TPSA) is 96.1 Å². The van der Waals surface area contributed by atoms with Gasteiger partial charge in [0.1, 0.15) is 10.6 Å². The SMILES string of the molecule is COc1ccc(Cl)c(S(=O)(=O)N=C([O-])c2cn3cc(C(F)(F)F)cc(Cl)c3n2)c1. The number of hydrogen-bond donors (Lipinski definition) is 0. The Morgan fingerprint density at radius 2 is 1.90 bits per heavy atom. The predicted octanol–water partition coefficient (Wildman–Crippen LogP) is 3.16. The Labute approximate surface area is 172 Å². The van der Waals surface area contributed by atoms with Crippen LogP contribution in [0.1, 0.15) is 11.3 Å². The second kappa shape index (κ2) is 7.39. The van der Waals surface area contributed by atoms with Crippen molar-refractivity contribution in [1.29, 1.82) is 0 Å². The Bertz CT molecular complexity index is 1240. The zero-order valence-electron chi connectivity index (χ0n) is 14.2. The lowest BCUT2D eigenvalue weighted by Crippen LogP contribution is -2.21. The minimum atomic E-state index is -4.68. The van der Waals surface area contributed by atoms with Crippen molar-refractivity contribution in [2.75, 3.05) is 7.11 Å². The van der Waals surface area contributed by atoms with Gasteiger partial charge in [-0.1, -0.05) is 23.2 Å². The van der Waals surface area contributed by atoms with Gasteiger partial charge in [0.15, 0.2) is 5.65 Å². The monoisotopic (exact) mass is 466 g/mol. The number of rotatable bonds is 4. The first kappa shape index (κ1) is 21.2. The van der Waals surface area contributed by atoms with Gasteiger partial charge < -0.3 is 14.2 Å². The molecule has 0 saturated heterocycles. The number of pyridine rings is 1. The zero-order chi connectivity index (χ0) is 21.6. The first-order valence-electron chi connectivity index (χ1n) is 7.53. The van der Waals surface area contributed by atoms with Crippen molar-refractivity contribution >= 4 is 44.8 Å². The third kappa shape index (κ3) is 4.26. The second-order valence-corrected chi connectivity index (χ2v) is 7.99. The molecule has 0 aliphatic heterocycles. The molecule has 0 aliphatic rings. The lowest BCUT2D eigenvalue weighted by molar-refractivity contribution is -0.212. The van der Waals surface area contributed by atoms with Gasteiger partial charge in [-0.05, 0) is 18.2 Å². The molecule has 154 valence electrons. The van der Waals surface area contributed by atoms with Gasteiger partial charge in [-0.25, -0.2) is 4.98 Å². The fourth-order valence-corrected chi connectivity index (χ4v) is 3.99. The fraction of sp³-hybridized carbons (Fsp3) is 0.125. The smallest absolute Gasteiger partial charge is 0.417 e. The number of nitrogens with zero attached hydrogens (tertiary/aromatic N) is 3. The molecule has 0 aliphatic carbocycles. The molecule has 1 aromatic carbocycles. The van der Waals surface area contributed by atoms with Crippen LogP contribution in [0, 0.1) is 0 Å². The van der Waals surface area contributed by atoms with Gasteiger partial charge in [0, 0.05) is 24.4 Å². The van der Waals surface area contributed by atoms with Crippen molar-refractivity contribution in [3.05, 3.63) is 58.0 Å². The standard InChI is InChI=1S/C16H10Cl2F3N3O4S/c1-28-9-2-3-10(17)13(5-9)29(26,27)23-15(25)12-7-24-6-8(16(19,20)21)4-11(18)14(24)22-12/h2-7H,1H3,(H,23,25)/p-1. The number of imidazole rings is 1. The van der Waals surface area contributed by atoms with Crippen molar-refractivity contribution in [2.45, 2.75) is 11.1 Å². The molecule has 0 radical (unpaired) electrons. The molecule has 29 heavy (non-hydrogen) atoms. The van der Waals surface area contributed by atoms with E-state index in [9.17, 15) is 26.7 Å². The number of sulfonamides is 1. The van der Waals surface area contributed by atoms with Crippen LogP contribution in [0.3, 0.4) is 0 Å². The van der Waals surface area contributed by atoms with Crippen molar-refractivity contribution in [3.8, 4) is 5.75 Å². The average Bonchev–Trinajstić information content (AvgIpc) is 3.06. The number of hydrogen-bond acceptors (Lipinski definition) is 5. The summed E-state index contributed by atoms with van der Waals surface area (Å²) >= 11 is 11.7. The van der Waals surface area contributed by atoms with E-state index >= 15 is 0 Å². The van der Waals surface area contributed by atoms with E-state index in [0.29, 0.717) is 12.3 Å². The Morgan fingerprint density at radius 1 is 1.21 bits per heavy atom. The van der Waals surface area contributed by atoms with Gasteiger partial charge >= 0.3 is 6.18 Å². The van der Waals surface area contributed by atoms with Crippen LogP contribution >= 0.6 is 23.2 Å². The molecule has 0 amide bonds. The van der Waals surface area contributed by atoms with E-state index in [2.05, 4.69) is 9.38 Å². The number of halogens is 5. The van der Waals surface area contributed by atoms with Crippen molar-refractivity contribution in [2.24, 2.45) is 4.40 Å². The summed E-state index contributed by atoms with van der Waals surface area (Å²) in [6.45, 7) is 0. The molecule has 0 unspecified atom stereocenters. The summed E-state index contributed by atoms with van der Waals surface area (Å²) in [7, 11) is -3.25. The zero-order valence-corrected chi connectivity index (χ0v) is 16.6. The van der Waals surface area contributed by atoms with E-state index in [1.807, 2.05) is 0 Å². The summed E-state index contributed by atoms with van der Waals surface area (Å²) in [6, 6.07) is 4.37. The van der Waals surface area contributed by atoms with Gasteiger partial charge in [-0.2, -0.15) is 26.0 Å². The first-order valence-corrected chi connectivity index (χ1v) is 9.73. The maximum atomic E-state index is 12.9. The summed E-state index contributed by atoms with van der Waals surface area (Å²) in [5, 5.41) is 11.7. The molecule has 0 atom stereocenters. The second-order valence-electron chi connectivity index (χ2n) is 5.60. The number of methoxy groups -OCH3 is 1. The highest BCUT2D eigenvalue weighted by Crippen LogP contribution is 2.32.